The van der Waals surface area contributed by atoms with Crippen LogP contribution in [0.15, 0.2) is 54.6 Å². The van der Waals surface area contributed by atoms with Crippen molar-refractivity contribution < 1.29 is 14.0 Å². The van der Waals surface area contributed by atoms with Gasteiger partial charge in [-0.25, -0.2) is 9.07 Å². The number of nitrogens with one attached hydrogen (secondary N) is 1. The summed E-state index contributed by atoms with van der Waals surface area (Å²) >= 11 is 1.32. The number of amides is 2. The molecule has 0 bridgehead atoms. The van der Waals surface area contributed by atoms with Crippen LogP contribution >= 0.6 is 11.3 Å². The Morgan fingerprint density at radius 2 is 1.93 bits per heavy atom. The molecular formula is C21H17FN4O2S. The van der Waals surface area contributed by atoms with Crippen molar-refractivity contribution in [3.8, 4) is 5.69 Å². The molecule has 0 aliphatic rings. The highest BCUT2D eigenvalue weighted by molar-refractivity contribution is 7.20. The van der Waals surface area contributed by atoms with E-state index in [1.165, 1.54) is 23.5 Å². The first kappa shape index (κ1) is 18.8. The molecule has 0 atom stereocenters. The highest BCUT2D eigenvalue weighted by Gasteiger charge is 2.17. The van der Waals surface area contributed by atoms with E-state index in [2.05, 4.69) is 10.4 Å². The molecule has 146 valence electrons. The molecule has 2 aromatic heterocycles. The van der Waals surface area contributed by atoms with Crippen LogP contribution < -0.4 is 11.1 Å². The van der Waals surface area contributed by atoms with Gasteiger partial charge in [-0.3, -0.25) is 9.59 Å². The van der Waals surface area contributed by atoms with Crippen LogP contribution in [0.4, 0.5) is 4.39 Å². The van der Waals surface area contributed by atoms with E-state index in [0.717, 1.165) is 27.2 Å². The number of primary amides is 1. The van der Waals surface area contributed by atoms with E-state index in [1.807, 2.05) is 13.0 Å². The summed E-state index contributed by atoms with van der Waals surface area (Å²) < 4.78 is 14.9. The lowest BCUT2D eigenvalue weighted by Crippen LogP contribution is -2.22. The Balaban J connectivity index is 1.57. The van der Waals surface area contributed by atoms with Gasteiger partial charge in [0.15, 0.2) is 0 Å². The van der Waals surface area contributed by atoms with Gasteiger partial charge >= 0.3 is 0 Å². The molecule has 2 amide bonds. The lowest BCUT2D eigenvalue weighted by molar-refractivity contribution is 0.0954. The third kappa shape index (κ3) is 3.74. The van der Waals surface area contributed by atoms with Gasteiger partial charge in [0, 0.05) is 17.5 Å². The van der Waals surface area contributed by atoms with E-state index >= 15 is 0 Å². The van der Waals surface area contributed by atoms with Gasteiger partial charge in [-0.1, -0.05) is 12.1 Å². The van der Waals surface area contributed by atoms with Crippen LogP contribution in [-0.4, -0.2) is 21.6 Å². The molecule has 0 saturated heterocycles. The summed E-state index contributed by atoms with van der Waals surface area (Å²) in [6, 6.07) is 14.7. The Morgan fingerprint density at radius 1 is 1.17 bits per heavy atom. The van der Waals surface area contributed by atoms with Crippen LogP contribution in [0.1, 0.15) is 31.3 Å². The van der Waals surface area contributed by atoms with Crippen molar-refractivity contribution in [2.45, 2.75) is 13.5 Å². The van der Waals surface area contributed by atoms with E-state index in [0.29, 0.717) is 10.4 Å². The highest BCUT2D eigenvalue weighted by Crippen LogP contribution is 2.30. The number of hydrogen-bond acceptors (Lipinski definition) is 4. The van der Waals surface area contributed by atoms with Crippen molar-refractivity contribution >= 4 is 33.4 Å². The molecule has 4 rings (SSSR count). The van der Waals surface area contributed by atoms with Gasteiger partial charge in [0.1, 0.15) is 10.6 Å². The number of benzene rings is 2. The molecule has 6 nitrogen and oxygen atoms in total. The summed E-state index contributed by atoms with van der Waals surface area (Å²) in [5.74, 6) is -1.05. The van der Waals surface area contributed by atoms with Crippen LogP contribution in [-0.2, 0) is 6.54 Å². The van der Waals surface area contributed by atoms with E-state index in [1.54, 1.807) is 41.1 Å². The zero-order valence-corrected chi connectivity index (χ0v) is 16.3. The second kappa shape index (κ2) is 7.48. The van der Waals surface area contributed by atoms with Crippen molar-refractivity contribution in [2.24, 2.45) is 5.73 Å². The van der Waals surface area contributed by atoms with Crippen LogP contribution in [0.25, 0.3) is 15.9 Å². The molecule has 0 unspecified atom stereocenters. The Kier molecular flexibility index (Phi) is 4.85. The average Bonchev–Trinajstić information content (AvgIpc) is 3.28. The summed E-state index contributed by atoms with van der Waals surface area (Å²) in [6.07, 6.45) is 0. The molecule has 0 aliphatic carbocycles. The number of carbonyl (C=O) groups is 2. The third-order valence-electron chi connectivity index (χ3n) is 4.50. The van der Waals surface area contributed by atoms with Gasteiger partial charge in [-0.15, -0.1) is 11.3 Å². The van der Waals surface area contributed by atoms with Crippen molar-refractivity contribution in [1.29, 1.82) is 0 Å². The zero-order chi connectivity index (χ0) is 20.5. The van der Waals surface area contributed by atoms with Gasteiger partial charge in [0.2, 0.25) is 5.91 Å². The first-order chi connectivity index (χ1) is 13.9. The Hall–Kier alpha value is -3.52. The van der Waals surface area contributed by atoms with E-state index < -0.39 is 5.91 Å². The smallest absolute Gasteiger partial charge is 0.261 e. The minimum atomic E-state index is -0.511. The minimum absolute atomic E-state index is 0.222. The summed E-state index contributed by atoms with van der Waals surface area (Å²) in [5, 5.41) is 8.23. The fourth-order valence-electron chi connectivity index (χ4n) is 3.02. The standard InChI is InChI=1S/C21H17FN4O2S/c1-12-17-10-18(20(28)24-11-13-3-2-4-14(9-13)19(23)27)29-21(17)26(25-12)16-7-5-15(22)6-8-16/h2-10H,11H2,1H3,(H2,23,27)(H,24,28). The molecule has 0 radical (unpaired) electrons. The molecule has 0 spiro atoms. The van der Waals surface area contributed by atoms with Crippen LogP contribution in [0.5, 0.6) is 0 Å². The van der Waals surface area contributed by atoms with Gasteiger partial charge < -0.3 is 11.1 Å². The number of thiophene rings is 1. The predicted octanol–water partition coefficient (Wildman–Crippen LogP) is 3.56. The predicted molar refractivity (Wildman–Crippen MR) is 110 cm³/mol. The largest absolute Gasteiger partial charge is 0.366 e. The first-order valence-corrected chi connectivity index (χ1v) is 9.66. The minimum Gasteiger partial charge on any atom is -0.366 e. The van der Waals surface area contributed by atoms with E-state index in [4.69, 9.17) is 5.73 Å². The maximum absolute atomic E-state index is 13.2. The van der Waals surface area contributed by atoms with E-state index in [-0.39, 0.29) is 18.3 Å². The molecule has 3 N–H and O–H groups in total. The second-order valence-corrected chi connectivity index (χ2v) is 7.58. The Morgan fingerprint density at radius 3 is 2.66 bits per heavy atom. The molecule has 8 heteroatoms. The Bertz CT molecular complexity index is 1230. The Labute approximate surface area is 169 Å². The van der Waals surface area contributed by atoms with Crippen molar-refractivity contribution in [1.82, 2.24) is 15.1 Å². The van der Waals surface area contributed by atoms with Gasteiger partial charge in [-0.2, -0.15) is 5.10 Å². The van der Waals surface area contributed by atoms with Crippen LogP contribution in [0, 0.1) is 12.7 Å². The quantitative estimate of drug-likeness (QED) is 0.529. The SMILES string of the molecule is Cc1nn(-c2ccc(F)cc2)c2sc(C(=O)NCc3cccc(C(N)=O)c3)cc12. The lowest BCUT2D eigenvalue weighted by atomic mass is 10.1. The highest BCUT2D eigenvalue weighted by atomic mass is 32.1. The van der Waals surface area contributed by atoms with Crippen molar-refractivity contribution in [3.63, 3.8) is 0 Å². The number of aryl methyl sites for hydroxylation is 1. The van der Waals surface area contributed by atoms with Crippen LogP contribution in [0.2, 0.25) is 0 Å². The molecule has 2 aromatic carbocycles. The van der Waals surface area contributed by atoms with Gasteiger partial charge in [0.05, 0.1) is 16.3 Å². The molecule has 4 aromatic rings. The number of aromatic nitrogens is 2. The summed E-state index contributed by atoms with van der Waals surface area (Å²) in [4.78, 5) is 25.3. The molecule has 0 saturated carbocycles. The first-order valence-electron chi connectivity index (χ1n) is 8.84. The maximum Gasteiger partial charge on any atom is 0.261 e. The molecule has 0 fully saturated rings. The average molecular weight is 408 g/mol. The summed E-state index contributed by atoms with van der Waals surface area (Å²) in [5.41, 5.74) is 7.98. The number of carbonyl (C=O) groups excluding carboxylic acids is 2. The van der Waals surface area contributed by atoms with Crippen molar-refractivity contribution in [2.75, 3.05) is 0 Å². The number of hydrogen-bond donors (Lipinski definition) is 2. The lowest BCUT2D eigenvalue weighted by Gasteiger charge is -2.05. The fraction of sp³-hybridized carbons (Fsp3) is 0.0952. The summed E-state index contributed by atoms with van der Waals surface area (Å²) in [6.45, 7) is 2.14. The molecule has 0 aliphatic heterocycles. The number of rotatable bonds is 5. The van der Waals surface area contributed by atoms with Crippen LogP contribution in [0.3, 0.4) is 0 Å². The maximum atomic E-state index is 13.2. The zero-order valence-electron chi connectivity index (χ0n) is 15.5. The number of fused-ring (bicyclic) bond motifs is 1. The van der Waals surface area contributed by atoms with E-state index in [9.17, 15) is 14.0 Å². The topological polar surface area (TPSA) is 90.0 Å². The van der Waals surface area contributed by atoms with Gasteiger partial charge in [-0.05, 0) is 55.0 Å². The molecule has 29 heavy (non-hydrogen) atoms. The van der Waals surface area contributed by atoms with Crippen molar-refractivity contribution in [3.05, 3.63) is 82.1 Å². The molecule has 2 heterocycles. The normalized spacial score (nSPS) is 11.0. The molecular weight excluding hydrogens is 391 g/mol. The second-order valence-electron chi connectivity index (χ2n) is 6.55. The monoisotopic (exact) mass is 408 g/mol. The van der Waals surface area contributed by atoms with Gasteiger partial charge in [0.25, 0.3) is 5.91 Å². The summed E-state index contributed by atoms with van der Waals surface area (Å²) in [7, 11) is 0. The third-order valence-corrected chi connectivity index (χ3v) is 5.61. The number of nitrogens with two attached hydrogens (primary N) is 1. The fourth-order valence-corrected chi connectivity index (χ4v) is 4.12. The number of halogens is 1. The number of nitrogens with zero attached hydrogens (tertiary/aromatic N) is 2.